The van der Waals surface area contributed by atoms with E-state index in [1.165, 1.54) is 7.11 Å². The number of benzene rings is 1. The first kappa shape index (κ1) is 13.8. The Hall–Kier alpha value is -1.23. The van der Waals surface area contributed by atoms with Gasteiger partial charge in [-0.25, -0.2) is 0 Å². The standard InChI is InChI=1S/C12H15BrO4/c1-7(2)17-11-6-9(13)8(5-12(14)15)4-10(11)16-3/h4,6-7H,5H2,1-3H3,(H,14,15). The zero-order valence-electron chi connectivity index (χ0n) is 9.99. The summed E-state index contributed by atoms with van der Waals surface area (Å²) in [7, 11) is 1.53. The van der Waals surface area contributed by atoms with Gasteiger partial charge in [0.05, 0.1) is 19.6 Å². The third-order valence-corrected chi connectivity index (χ3v) is 2.78. The van der Waals surface area contributed by atoms with Crippen LogP contribution in [0.25, 0.3) is 0 Å². The molecule has 0 aliphatic carbocycles. The van der Waals surface area contributed by atoms with Crippen LogP contribution in [0.5, 0.6) is 11.5 Å². The lowest BCUT2D eigenvalue weighted by Gasteiger charge is -2.15. The molecular weight excluding hydrogens is 288 g/mol. The molecule has 0 saturated heterocycles. The van der Waals surface area contributed by atoms with Gasteiger partial charge >= 0.3 is 5.97 Å². The predicted molar refractivity (Wildman–Crippen MR) is 67.8 cm³/mol. The quantitative estimate of drug-likeness (QED) is 0.908. The highest BCUT2D eigenvalue weighted by atomic mass is 79.9. The van der Waals surface area contributed by atoms with Crippen molar-refractivity contribution in [3.63, 3.8) is 0 Å². The van der Waals surface area contributed by atoms with E-state index in [1.54, 1.807) is 12.1 Å². The Morgan fingerprint density at radius 2 is 2.06 bits per heavy atom. The lowest BCUT2D eigenvalue weighted by Crippen LogP contribution is -2.08. The fourth-order valence-corrected chi connectivity index (χ4v) is 1.84. The Morgan fingerprint density at radius 1 is 1.41 bits per heavy atom. The molecule has 0 atom stereocenters. The molecule has 0 amide bonds. The number of hydrogen-bond donors (Lipinski definition) is 1. The number of aliphatic carboxylic acids is 1. The van der Waals surface area contributed by atoms with Gasteiger partial charge < -0.3 is 14.6 Å². The van der Waals surface area contributed by atoms with Crippen molar-refractivity contribution in [3.05, 3.63) is 22.2 Å². The first-order chi connectivity index (χ1) is 7.93. The van der Waals surface area contributed by atoms with E-state index in [2.05, 4.69) is 15.9 Å². The summed E-state index contributed by atoms with van der Waals surface area (Å²) in [5, 5.41) is 8.78. The van der Waals surface area contributed by atoms with Crippen LogP contribution in [0.3, 0.4) is 0 Å². The van der Waals surface area contributed by atoms with Gasteiger partial charge in [0.1, 0.15) is 0 Å². The molecule has 0 unspecified atom stereocenters. The molecule has 5 heteroatoms. The van der Waals surface area contributed by atoms with Gasteiger partial charge in [-0.3, -0.25) is 4.79 Å². The Labute approximate surface area is 109 Å². The summed E-state index contributed by atoms with van der Waals surface area (Å²) in [5.74, 6) is 0.256. The van der Waals surface area contributed by atoms with E-state index in [-0.39, 0.29) is 12.5 Å². The minimum Gasteiger partial charge on any atom is -0.493 e. The number of carbonyl (C=O) groups is 1. The number of carboxylic acid groups (broad SMARTS) is 1. The van der Waals surface area contributed by atoms with Crippen LogP contribution in [0.15, 0.2) is 16.6 Å². The van der Waals surface area contributed by atoms with Crippen molar-refractivity contribution < 1.29 is 19.4 Å². The van der Waals surface area contributed by atoms with E-state index < -0.39 is 5.97 Å². The van der Waals surface area contributed by atoms with Crippen molar-refractivity contribution in [2.75, 3.05) is 7.11 Å². The van der Waals surface area contributed by atoms with Gasteiger partial charge in [-0.1, -0.05) is 15.9 Å². The number of ether oxygens (including phenoxy) is 2. The summed E-state index contributed by atoms with van der Waals surface area (Å²) >= 11 is 3.33. The van der Waals surface area contributed by atoms with E-state index in [9.17, 15) is 4.79 Å². The van der Waals surface area contributed by atoms with E-state index in [4.69, 9.17) is 14.6 Å². The largest absolute Gasteiger partial charge is 0.493 e. The Bertz CT molecular complexity index is 415. The number of carboxylic acids is 1. The van der Waals surface area contributed by atoms with Gasteiger partial charge in [-0.15, -0.1) is 0 Å². The zero-order chi connectivity index (χ0) is 13.0. The number of methoxy groups -OCH3 is 1. The van der Waals surface area contributed by atoms with Crippen LogP contribution in [0.2, 0.25) is 0 Å². The third-order valence-electron chi connectivity index (χ3n) is 2.04. The average molecular weight is 303 g/mol. The van der Waals surface area contributed by atoms with Crippen LogP contribution in [0.1, 0.15) is 19.4 Å². The maximum Gasteiger partial charge on any atom is 0.307 e. The molecule has 1 rings (SSSR count). The Balaban J connectivity index is 3.10. The van der Waals surface area contributed by atoms with E-state index in [1.807, 2.05) is 13.8 Å². The second kappa shape index (κ2) is 5.91. The van der Waals surface area contributed by atoms with Crippen LogP contribution in [0, 0.1) is 0 Å². The van der Waals surface area contributed by atoms with Crippen LogP contribution in [-0.2, 0) is 11.2 Å². The molecule has 0 saturated carbocycles. The molecule has 1 aromatic carbocycles. The Kier molecular flexibility index (Phi) is 4.81. The fraction of sp³-hybridized carbons (Fsp3) is 0.417. The van der Waals surface area contributed by atoms with E-state index >= 15 is 0 Å². The Morgan fingerprint density at radius 3 is 2.53 bits per heavy atom. The molecule has 4 nitrogen and oxygen atoms in total. The lowest BCUT2D eigenvalue weighted by atomic mass is 10.1. The van der Waals surface area contributed by atoms with E-state index in [0.29, 0.717) is 21.5 Å². The first-order valence-electron chi connectivity index (χ1n) is 5.19. The molecule has 94 valence electrons. The van der Waals surface area contributed by atoms with Gasteiger partial charge in [0, 0.05) is 4.47 Å². The van der Waals surface area contributed by atoms with Gasteiger partial charge in [0.25, 0.3) is 0 Å². The van der Waals surface area contributed by atoms with Gasteiger partial charge in [0.2, 0.25) is 0 Å². The van der Waals surface area contributed by atoms with Crippen molar-refractivity contribution in [3.8, 4) is 11.5 Å². The first-order valence-corrected chi connectivity index (χ1v) is 5.98. The second-order valence-corrected chi connectivity index (χ2v) is 4.69. The molecule has 0 radical (unpaired) electrons. The molecule has 1 N–H and O–H groups in total. The maximum atomic E-state index is 10.7. The van der Waals surface area contributed by atoms with Crippen LogP contribution in [0.4, 0.5) is 0 Å². The maximum absolute atomic E-state index is 10.7. The number of halogens is 1. The monoisotopic (exact) mass is 302 g/mol. The summed E-state index contributed by atoms with van der Waals surface area (Å²) in [6.45, 7) is 3.83. The van der Waals surface area contributed by atoms with Crippen molar-refractivity contribution in [1.82, 2.24) is 0 Å². The predicted octanol–water partition coefficient (Wildman–Crippen LogP) is 2.87. The minimum atomic E-state index is -0.884. The van der Waals surface area contributed by atoms with Crippen molar-refractivity contribution in [2.24, 2.45) is 0 Å². The van der Waals surface area contributed by atoms with Crippen LogP contribution in [-0.4, -0.2) is 24.3 Å². The van der Waals surface area contributed by atoms with Crippen molar-refractivity contribution in [2.45, 2.75) is 26.4 Å². The SMILES string of the molecule is COc1cc(CC(=O)O)c(Br)cc1OC(C)C. The summed E-state index contributed by atoms with van der Waals surface area (Å²) in [4.78, 5) is 10.7. The third kappa shape index (κ3) is 3.93. The summed E-state index contributed by atoms with van der Waals surface area (Å²) in [6.07, 6.45) is -0.0278. The zero-order valence-corrected chi connectivity index (χ0v) is 11.6. The highest BCUT2D eigenvalue weighted by molar-refractivity contribution is 9.10. The molecule has 0 aliphatic heterocycles. The molecule has 0 heterocycles. The molecule has 17 heavy (non-hydrogen) atoms. The average Bonchev–Trinajstić information content (AvgIpc) is 2.20. The summed E-state index contributed by atoms with van der Waals surface area (Å²) in [6, 6.07) is 3.41. The minimum absolute atomic E-state index is 0.0288. The van der Waals surface area contributed by atoms with Crippen molar-refractivity contribution in [1.29, 1.82) is 0 Å². The highest BCUT2D eigenvalue weighted by Gasteiger charge is 2.13. The summed E-state index contributed by atoms with van der Waals surface area (Å²) in [5.41, 5.74) is 0.658. The molecule has 0 bridgehead atoms. The second-order valence-electron chi connectivity index (χ2n) is 3.83. The smallest absolute Gasteiger partial charge is 0.307 e. The number of rotatable bonds is 5. The van der Waals surface area contributed by atoms with Crippen LogP contribution >= 0.6 is 15.9 Å². The van der Waals surface area contributed by atoms with Crippen LogP contribution < -0.4 is 9.47 Å². The normalized spacial score (nSPS) is 10.4. The molecule has 0 aromatic heterocycles. The van der Waals surface area contributed by atoms with Gasteiger partial charge in [-0.05, 0) is 31.5 Å². The lowest BCUT2D eigenvalue weighted by molar-refractivity contribution is -0.136. The molecule has 0 aliphatic rings. The molecule has 0 spiro atoms. The molecule has 1 aromatic rings. The summed E-state index contributed by atoms with van der Waals surface area (Å²) < 4.78 is 11.5. The molecule has 0 fully saturated rings. The van der Waals surface area contributed by atoms with Gasteiger partial charge in [0.15, 0.2) is 11.5 Å². The number of hydrogen-bond acceptors (Lipinski definition) is 3. The topological polar surface area (TPSA) is 55.8 Å². The van der Waals surface area contributed by atoms with Crippen molar-refractivity contribution >= 4 is 21.9 Å². The fourth-order valence-electron chi connectivity index (χ4n) is 1.38. The van der Waals surface area contributed by atoms with E-state index in [0.717, 1.165) is 0 Å². The molecular formula is C12H15BrO4. The highest BCUT2D eigenvalue weighted by Crippen LogP contribution is 2.34. The van der Waals surface area contributed by atoms with Gasteiger partial charge in [-0.2, -0.15) is 0 Å².